The van der Waals surface area contributed by atoms with Crippen LogP contribution in [0, 0.1) is 0 Å². The molecule has 0 aliphatic rings. The summed E-state index contributed by atoms with van der Waals surface area (Å²) in [5.41, 5.74) is 1.04. The van der Waals surface area contributed by atoms with Gasteiger partial charge < -0.3 is 10.2 Å². The van der Waals surface area contributed by atoms with E-state index in [1.807, 2.05) is 0 Å². The van der Waals surface area contributed by atoms with Gasteiger partial charge in [-0.2, -0.15) is 5.10 Å². The first-order valence-electron chi connectivity index (χ1n) is 5.41. The molecule has 1 aromatic heterocycles. The van der Waals surface area contributed by atoms with E-state index in [0.29, 0.717) is 16.3 Å². The molecule has 1 heterocycles. The lowest BCUT2D eigenvalue weighted by molar-refractivity contribution is 0.0688. The number of rotatable bonds is 4. The summed E-state index contributed by atoms with van der Waals surface area (Å²) in [6, 6.07) is 5.14. The Balaban J connectivity index is 2.53. The Morgan fingerprint density at radius 3 is 2.84 bits per heavy atom. The number of nitrogens with zero attached hydrogens (tertiary/aromatic N) is 2. The van der Waals surface area contributed by atoms with Crippen molar-refractivity contribution in [2.24, 2.45) is 0 Å². The highest BCUT2D eigenvalue weighted by molar-refractivity contribution is 9.10. The molecular weight excluding hydrogens is 336 g/mol. The number of carboxylic acid groups (broad SMARTS) is 1. The molecule has 19 heavy (non-hydrogen) atoms. The molecule has 0 fully saturated rings. The zero-order valence-corrected chi connectivity index (χ0v) is 12.0. The molecule has 0 amide bonds. The summed E-state index contributed by atoms with van der Waals surface area (Å²) < 4.78 is 2.18. The predicted octanol–water partition coefficient (Wildman–Crippen LogP) is 2.52. The van der Waals surface area contributed by atoms with Gasteiger partial charge in [-0.25, -0.2) is 9.48 Å². The number of carboxylic acids is 1. The fourth-order valence-corrected chi connectivity index (χ4v) is 2.27. The molecular formula is C12H10BrClN2O3. The first kappa shape index (κ1) is 14.0. The van der Waals surface area contributed by atoms with Crippen LogP contribution in [0.3, 0.4) is 0 Å². The molecule has 0 radical (unpaired) electrons. The molecule has 0 atom stereocenters. The molecule has 1 aromatic carbocycles. The Bertz CT molecular complexity index is 627. The molecule has 0 spiro atoms. The number of aliphatic hydroxyl groups excluding tert-OH is 1. The van der Waals surface area contributed by atoms with E-state index in [4.69, 9.17) is 21.8 Å². The molecule has 5 nitrogen and oxygen atoms in total. The number of carbonyl (C=O) groups is 1. The van der Waals surface area contributed by atoms with E-state index >= 15 is 0 Å². The topological polar surface area (TPSA) is 75.3 Å². The Kier molecular flexibility index (Phi) is 4.24. The zero-order chi connectivity index (χ0) is 14.0. The van der Waals surface area contributed by atoms with Crippen molar-refractivity contribution in [3.63, 3.8) is 0 Å². The quantitative estimate of drug-likeness (QED) is 0.893. The van der Waals surface area contributed by atoms with E-state index in [9.17, 15) is 4.79 Å². The lowest BCUT2D eigenvalue weighted by Gasteiger charge is -2.04. The minimum atomic E-state index is -1.12. The van der Waals surface area contributed by atoms with Gasteiger partial charge in [-0.3, -0.25) is 0 Å². The van der Waals surface area contributed by atoms with Gasteiger partial charge in [0.2, 0.25) is 0 Å². The van der Waals surface area contributed by atoms with Crippen LogP contribution in [0.1, 0.15) is 16.1 Å². The summed E-state index contributed by atoms with van der Waals surface area (Å²) in [4.78, 5) is 11.1. The summed E-state index contributed by atoms with van der Waals surface area (Å²) in [6.07, 6.45) is 1.82. The fraction of sp³-hybridized carbons (Fsp3) is 0.167. The Hall–Kier alpha value is -1.37. The van der Waals surface area contributed by atoms with E-state index in [1.54, 1.807) is 24.4 Å². The number of aromatic nitrogens is 2. The van der Waals surface area contributed by atoms with Crippen molar-refractivity contribution in [3.8, 4) is 5.69 Å². The van der Waals surface area contributed by atoms with Crippen molar-refractivity contribution in [3.05, 3.63) is 45.1 Å². The smallest absolute Gasteiger partial charge is 0.356 e. The van der Waals surface area contributed by atoms with Gasteiger partial charge in [0, 0.05) is 27.9 Å². The highest BCUT2D eigenvalue weighted by Gasteiger charge is 2.17. The maximum atomic E-state index is 11.1. The second-order valence-electron chi connectivity index (χ2n) is 3.82. The molecule has 2 N–H and O–H groups in total. The van der Waals surface area contributed by atoms with Crippen LogP contribution in [0.5, 0.6) is 0 Å². The van der Waals surface area contributed by atoms with Crippen LogP contribution >= 0.6 is 27.5 Å². The Labute approximate surface area is 122 Å². The van der Waals surface area contributed by atoms with Gasteiger partial charge in [-0.1, -0.05) is 11.6 Å². The van der Waals surface area contributed by atoms with E-state index in [1.165, 1.54) is 4.68 Å². The van der Waals surface area contributed by atoms with Gasteiger partial charge in [0.25, 0.3) is 0 Å². The van der Waals surface area contributed by atoms with Crippen molar-refractivity contribution >= 4 is 33.5 Å². The summed E-state index contributed by atoms with van der Waals surface area (Å²) >= 11 is 9.28. The van der Waals surface area contributed by atoms with Gasteiger partial charge in [0.1, 0.15) is 0 Å². The molecule has 2 aromatic rings. The standard InChI is InChI=1S/C12H10BrClN2O3/c13-9-2-1-8(14)5-10(9)16-6-7(3-4-17)11(15-16)12(18)19/h1-2,5-6,17H,3-4H2,(H,18,19). The van der Waals surface area contributed by atoms with Crippen LogP contribution in [-0.2, 0) is 6.42 Å². The number of halogens is 2. The molecule has 100 valence electrons. The van der Waals surface area contributed by atoms with Crippen LogP contribution in [0.25, 0.3) is 5.69 Å². The molecule has 0 aliphatic carbocycles. The summed E-state index contributed by atoms with van der Waals surface area (Å²) in [5.74, 6) is -1.12. The van der Waals surface area contributed by atoms with Crippen molar-refractivity contribution in [2.75, 3.05) is 6.61 Å². The molecule has 0 bridgehead atoms. The summed E-state index contributed by atoms with van der Waals surface area (Å²) in [5, 5.41) is 22.6. The van der Waals surface area contributed by atoms with E-state index in [-0.39, 0.29) is 18.7 Å². The van der Waals surface area contributed by atoms with Crippen LogP contribution in [-0.4, -0.2) is 32.6 Å². The van der Waals surface area contributed by atoms with Crippen molar-refractivity contribution in [1.82, 2.24) is 9.78 Å². The minimum absolute atomic E-state index is 0.0686. The Morgan fingerprint density at radius 1 is 1.47 bits per heavy atom. The largest absolute Gasteiger partial charge is 0.476 e. The minimum Gasteiger partial charge on any atom is -0.476 e. The highest BCUT2D eigenvalue weighted by atomic mass is 79.9. The second-order valence-corrected chi connectivity index (χ2v) is 5.11. The zero-order valence-electron chi connectivity index (χ0n) is 9.68. The number of aliphatic hydroxyl groups is 1. The first-order valence-corrected chi connectivity index (χ1v) is 6.58. The SMILES string of the molecule is O=C(O)c1nn(-c2cc(Cl)ccc2Br)cc1CCO. The van der Waals surface area contributed by atoms with E-state index < -0.39 is 5.97 Å². The monoisotopic (exact) mass is 344 g/mol. The predicted molar refractivity (Wildman–Crippen MR) is 74.0 cm³/mol. The van der Waals surface area contributed by atoms with Crippen molar-refractivity contribution in [2.45, 2.75) is 6.42 Å². The van der Waals surface area contributed by atoms with E-state index in [2.05, 4.69) is 21.0 Å². The van der Waals surface area contributed by atoms with E-state index in [0.717, 1.165) is 4.47 Å². The second kappa shape index (κ2) is 5.73. The lowest BCUT2D eigenvalue weighted by Crippen LogP contribution is -2.04. The summed E-state index contributed by atoms with van der Waals surface area (Å²) in [7, 11) is 0. The number of hydrogen-bond donors (Lipinski definition) is 2. The van der Waals surface area contributed by atoms with Crippen LogP contribution < -0.4 is 0 Å². The maximum Gasteiger partial charge on any atom is 0.356 e. The third-order valence-corrected chi connectivity index (χ3v) is 3.43. The lowest BCUT2D eigenvalue weighted by atomic mass is 10.2. The number of benzene rings is 1. The molecule has 0 saturated heterocycles. The van der Waals surface area contributed by atoms with Gasteiger partial charge in [0.05, 0.1) is 5.69 Å². The van der Waals surface area contributed by atoms with Gasteiger partial charge in [0.15, 0.2) is 5.69 Å². The average molecular weight is 346 g/mol. The molecule has 0 saturated carbocycles. The number of hydrogen-bond acceptors (Lipinski definition) is 3. The molecule has 2 rings (SSSR count). The fourth-order valence-electron chi connectivity index (χ4n) is 1.68. The molecule has 7 heteroatoms. The van der Waals surface area contributed by atoms with Gasteiger partial charge in [-0.05, 0) is 40.5 Å². The maximum absolute atomic E-state index is 11.1. The molecule has 0 aliphatic heterocycles. The highest BCUT2D eigenvalue weighted by Crippen LogP contribution is 2.25. The third kappa shape index (κ3) is 2.97. The summed E-state index contributed by atoms with van der Waals surface area (Å²) in [6.45, 7) is -0.136. The van der Waals surface area contributed by atoms with Gasteiger partial charge in [-0.15, -0.1) is 0 Å². The normalized spacial score (nSPS) is 10.7. The van der Waals surface area contributed by atoms with Crippen LogP contribution in [0.4, 0.5) is 0 Å². The van der Waals surface area contributed by atoms with Gasteiger partial charge >= 0.3 is 5.97 Å². The van der Waals surface area contributed by atoms with Crippen LogP contribution in [0.2, 0.25) is 5.02 Å². The first-order chi connectivity index (χ1) is 9.02. The average Bonchev–Trinajstić information content (AvgIpc) is 2.77. The van der Waals surface area contributed by atoms with Crippen molar-refractivity contribution in [1.29, 1.82) is 0 Å². The number of aromatic carboxylic acids is 1. The molecule has 0 unspecified atom stereocenters. The Morgan fingerprint density at radius 2 is 2.21 bits per heavy atom. The van der Waals surface area contributed by atoms with Crippen LogP contribution in [0.15, 0.2) is 28.9 Å². The third-order valence-electron chi connectivity index (χ3n) is 2.53. The van der Waals surface area contributed by atoms with Crippen molar-refractivity contribution < 1.29 is 15.0 Å².